The zero-order valence-corrected chi connectivity index (χ0v) is 14.0. The third-order valence-electron chi connectivity index (χ3n) is 3.07. The summed E-state index contributed by atoms with van der Waals surface area (Å²) in [5.74, 6) is 0. The second kappa shape index (κ2) is 6.32. The molecule has 6 heteroatoms. The van der Waals surface area contributed by atoms with Crippen molar-refractivity contribution in [3.05, 3.63) is 28.2 Å². The quantitative estimate of drug-likeness (QED) is 0.872. The van der Waals surface area contributed by atoms with Gasteiger partial charge in [0.2, 0.25) is 0 Å². The fourth-order valence-electron chi connectivity index (χ4n) is 2.24. The molecule has 1 N–H and O–H groups in total. The van der Waals surface area contributed by atoms with Crippen LogP contribution < -0.4 is 5.32 Å². The summed E-state index contributed by atoms with van der Waals surface area (Å²) in [4.78, 5) is 13.7. The van der Waals surface area contributed by atoms with Crippen LogP contribution in [0.25, 0.3) is 0 Å². The van der Waals surface area contributed by atoms with Gasteiger partial charge in [0.05, 0.1) is 0 Å². The number of nitrogens with one attached hydrogen (secondary N) is 1. The van der Waals surface area contributed by atoms with Gasteiger partial charge in [-0.15, -0.1) is 0 Å². The number of carbonyl (C=O) groups is 1. The first-order valence-electron chi connectivity index (χ1n) is 6.93. The lowest BCUT2D eigenvalue weighted by Gasteiger charge is -2.24. The molecule has 1 aromatic carbocycles. The van der Waals surface area contributed by atoms with E-state index in [1.165, 1.54) is 0 Å². The lowest BCUT2D eigenvalue weighted by atomic mass is 10.2. The summed E-state index contributed by atoms with van der Waals surface area (Å²) in [6.45, 7) is 6.89. The van der Waals surface area contributed by atoms with Crippen LogP contribution in [0.3, 0.4) is 0 Å². The van der Waals surface area contributed by atoms with Gasteiger partial charge in [-0.05, 0) is 45.4 Å². The number of hydrogen-bond donors (Lipinski definition) is 1. The largest absolute Gasteiger partial charge is 0.444 e. The topological polar surface area (TPSA) is 41.6 Å². The molecule has 1 fully saturated rings. The maximum Gasteiger partial charge on any atom is 0.410 e. The van der Waals surface area contributed by atoms with E-state index in [1.807, 2.05) is 32.9 Å². The summed E-state index contributed by atoms with van der Waals surface area (Å²) >= 11 is 12.0. The van der Waals surface area contributed by atoms with Crippen LogP contribution >= 0.6 is 23.2 Å². The van der Waals surface area contributed by atoms with Gasteiger partial charge in [-0.2, -0.15) is 0 Å². The summed E-state index contributed by atoms with van der Waals surface area (Å²) in [5, 5.41) is 4.53. The van der Waals surface area contributed by atoms with E-state index in [-0.39, 0.29) is 12.1 Å². The number of carbonyl (C=O) groups excluding carboxylic acids is 1. The van der Waals surface area contributed by atoms with Gasteiger partial charge in [0, 0.05) is 34.9 Å². The van der Waals surface area contributed by atoms with Gasteiger partial charge in [0.1, 0.15) is 5.60 Å². The molecular formula is C15H20Cl2N2O2. The first kappa shape index (κ1) is 16.2. The Bertz CT molecular complexity index is 509. The van der Waals surface area contributed by atoms with Crippen molar-refractivity contribution in [2.45, 2.75) is 38.8 Å². The average molecular weight is 331 g/mol. The molecule has 1 unspecified atom stereocenters. The van der Waals surface area contributed by atoms with Crippen LogP contribution in [0.15, 0.2) is 18.2 Å². The molecule has 0 aliphatic carbocycles. The Labute approximate surface area is 135 Å². The molecule has 4 nitrogen and oxygen atoms in total. The molecule has 1 saturated heterocycles. The summed E-state index contributed by atoms with van der Waals surface area (Å²) < 4.78 is 5.38. The van der Waals surface area contributed by atoms with Crippen LogP contribution in [-0.4, -0.2) is 35.7 Å². The minimum absolute atomic E-state index is 0.173. The highest BCUT2D eigenvalue weighted by Gasteiger charge is 2.29. The molecule has 0 saturated carbocycles. The smallest absolute Gasteiger partial charge is 0.410 e. The van der Waals surface area contributed by atoms with Crippen LogP contribution in [0.1, 0.15) is 27.2 Å². The molecule has 1 aliphatic rings. The van der Waals surface area contributed by atoms with Crippen molar-refractivity contribution in [1.29, 1.82) is 0 Å². The molecule has 0 radical (unpaired) electrons. The Morgan fingerprint density at radius 2 is 1.90 bits per heavy atom. The lowest BCUT2D eigenvalue weighted by Crippen LogP contribution is -2.36. The summed E-state index contributed by atoms with van der Waals surface area (Å²) in [5.41, 5.74) is 0.395. The predicted molar refractivity (Wildman–Crippen MR) is 86.3 cm³/mol. The van der Waals surface area contributed by atoms with Gasteiger partial charge in [0.25, 0.3) is 0 Å². The average Bonchev–Trinajstić information content (AvgIpc) is 2.73. The van der Waals surface area contributed by atoms with E-state index in [1.54, 1.807) is 11.0 Å². The van der Waals surface area contributed by atoms with Crippen LogP contribution in [0.5, 0.6) is 0 Å². The third-order valence-corrected chi connectivity index (χ3v) is 3.51. The van der Waals surface area contributed by atoms with Gasteiger partial charge in [-0.25, -0.2) is 4.79 Å². The molecule has 1 aliphatic heterocycles. The highest BCUT2D eigenvalue weighted by molar-refractivity contribution is 6.35. The minimum atomic E-state index is -0.469. The van der Waals surface area contributed by atoms with E-state index in [0.717, 1.165) is 12.1 Å². The van der Waals surface area contributed by atoms with E-state index >= 15 is 0 Å². The molecule has 21 heavy (non-hydrogen) atoms. The maximum absolute atomic E-state index is 12.0. The highest BCUT2D eigenvalue weighted by Crippen LogP contribution is 2.25. The Balaban J connectivity index is 1.92. The minimum Gasteiger partial charge on any atom is -0.444 e. The van der Waals surface area contributed by atoms with Crippen molar-refractivity contribution in [3.8, 4) is 0 Å². The summed E-state index contributed by atoms with van der Waals surface area (Å²) in [7, 11) is 0. The molecule has 1 aromatic rings. The van der Waals surface area contributed by atoms with Gasteiger partial charge >= 0.3 is 6.09 Å². The summed E-state index contributed by atoms with van der Waals surface area (Å²) in [6, 6.07) is 5.51. The molecule has 116 valence electrons. The van der Waals surface area contributed by atoms with Crippen molar-refractivity contribution < 1.29 is 9.53 Å². The van der Waals surface area contributed by atoms with Crippen molar-refractivity contribution >= 4 is 35.0 Å². The van der Waals surface area contributed by atoms with Crippen LogP contribution in [0.2, 0.25) is 10.0 Å². The van der Waals surface area contributed by atoms with Gasteiger partial charge in [0.15, 0.2) is 0 Å². The molecular weight excluding hydrogens is 311 g/mol. The fraction of sp³-hybridized carbons (Fsp3) is 0.533. The van der Waals surface area contributed by atoms with Crippen LogP contribution in [0, 0.1) is 0 Å². The number of rotatable bonds is 2. The number of ether oxygens (including phenoxy) is 1. The summed E-state index contributed by atoms with van der Waals surface area (Å²) in [6.07, 6.45) is 0.597. The molecule has 1 amide bonds. The van der Waals surface area contributed by atoms with Crippen LogP contribution in [0.4, 0.5) is 10.5 Å². The van der Waals surface area contributed by atoms with E-state index in [0.29, 0.717) is 23.1 Å². The normalized spacial score (nSPS) is 18.7. The number of hydrogen-bond acceptors (Lipinski definition) is 3. The van der Waals surface area contributed by atoms with E-state index in [4.69, 9.17) is 27.9 Å². The van der Waals surface area contributed by atoms with Crippen molar-refractivity contribution in [1.82, 2.24) is 4.90 Å². The maximum atomic E-state index is 12.0. The van der Waals surface area contributed by atoms with Crippen molar-refractivity contribution in [2.75, 3.05) is 18.4 Å². The Kier molecular flexibility index (Phi) is 4.89. The molecule has 1 heterocycles. The first-order valence-corrected chi connectivity index (χ1v) is 7.69. The predicted octanol–water partition coefficient (Wildman–Crippen LogP) is 4.41. The number of likely N-dealkylation sites (tertiary alicyclic amines) is 1. The number of halogens is 2. The number of amides is 1. The van der Waals surface area contributed by atoms with Crippen molar-refractivity contribution in [2.24, 2.45) is 0 Å². The van der Waals surface area contributed by atoms with Gasteiger partial charge in [-0.3, -0.25) is 0 Å². The number of benzene rings is 1. The van der Waals surface area contributed by atoms with Crippen molar-refractivity contribution in [3.63, 3.8) is 0 Å². The standard InChI is InChI=1S/C15H20Cl2N2O2/c1-15(2,3)21-14(20)19-5-4-12(9-19)18-13-7-10(16)6-11(17)8-13/h6-8,12,18H,4-5,9H2,1-3H3. The SMILES string of the molecule is CC(C)(C)OC(=O)N1CCC(Nc2cc(Cl)cc(Cl)c2)C1. The number of anilines is 1. The van der Waals surface area contributed by atoms with E-state index in [2.05, 4.69) is 5.32 Å². The van der Waals surface area contributed by atoms with Crippen LogP contribution in [-0.2, 0) is 4.74 Å². The van der Waals surface area contributed by atoms with Gasteiger partial charge < -0.3 is 15.0 Å². The van der Waals surface area contributed by atoms with E-state index < -0.39 is 5.60 Å². The first-order chi connectivity index (χ1) is 9.73. The Morgan fingerprint density at radius 3 is 2.48 bits per heavy atom. The molecule has 0 aromatic heterocycles. The molecule has 0 bridgehead atoms. The zero-order chi connectivity index (χ0) is 15.6. The third kappa shape index (κ3) is 4.97. The monoisotopic (exact) mass is 330 g/mol. The molecule has 0 spiro atoms. The second-order valence-electron chi connectivity index (χ2n) is 6.21. The highest BCUT2D eigenvalue weighted by atomic mass is 35.5. The molecule has 2 rings (SSSR count). The Hall–Kier alpha value is -1.13. The Morgan fingerprint density at radius 1 is 1.29 bits per heavy atom. The lowest BCUT2D eigenvalue weighted by molar-refractivity contribution is 0.0293. The number of nitrogens with zero attached hydrogens (tertiary/aromatic N) is 1. The fourth-order valence-corrected chi connectivity index (χ4v) is 2.77. The van der Waals surface area contributed by atoms with E-state index in [9.17, 15) is 4.79 Å². The zero-order valence-electron chi connectivity index (χ0n) is 12.5. The second-order valence-corrected chi connectivity index (χ2v) is 7.09. The molecule has 1 atom stereocenters. The van der Waals surface area contributed by atoms with Gasteiger partial charge in [-0.1, -0.05) is 23.2 Å².